The fourth-order valence-corrected chi connectivity index (χ4v) is 4.84. The summed E-state index contributed by atoms with van der Waals surface area (Å²) in [7, 11) is 0. The van der Waals surface area contributed by atoms with Crippen LogP contribution in [-0.4, -0.2) is 43.1 Å². The molecule has 3 N–H and O–H groups in total. The van der Waals surface area contributed by atoms with Crippen molar-refractivity contribution in [3.63, 3.8) is 0 Å². The number of fused-ring (bicyclic) bond motifs is 1. The molecule has 33 heavy (non-hydrogen) atoms. The van der Waals surface area contributed by atoms with Crippen LogP contribution in [0.5, 0.6) is 0 Å². The van der Waals surface area contributed by atoms with Crippen LogP contribution in [0.15, 0.2) is 29.9 Å². The van der Waals surface area contributed by atoms with Crippen LogP contribution in [0.4, 0.5) is 14.6 Å². The average molecular weight is 490 g/mol. The number of halogens is 3. The van der Waals surface area contributed by atoms with E-state index in [2.05, 4.69) is 35.8 Å². The van der Waals surface area contributed by atoms with E-state index in [1.54, 1.807) is 11.4 Å². The van der Waals surface area contributed by atoms with Crippen LogP contribution in [-0.2, 0) is 0 Å². The van der Waals surface area contributed by atoms with Gasteiger partial charge >= 0.3 is 0 Å². The number of aromatic amines is 1. The summed E-state index contributed by atoms with van der Waals surface area (Å²) in [6, 6.07) is 2.76. The molecule has 1 aliphatic carbocycles. The Morgan fingerprint density at radius 2 is 2.03 bits per heavy atom. The maximum atomic E-state index is 14.5. The number of nitrogens with one attached hydrogen (secondary N) is 3. The Hall–Kier alpha value is -3.18. The standard InChI is InChI=1S/C21H18ClF2N7OS/c22-16-4-10(9-33-16)21(32)28-13-3-1-2-12(6-13)27-19-15(24)8-26-20(29-19)17-14-5-11(23)7-25-18(14)31-30-17/h4-5,7-9,12-13H,1-3,6H2,(H,28,32)(H,25,30,31)(H,26,27,29). The molecular formula is C21H18ClF2N7OS. The van der Waals surface area contributed by atoms with Gasteiger partial charge in [0.15, 0.2) is 23.1 Å². The summed E-state index contributed by atoms with van der Waals surface area (Å²) in [6.07, 6.45) is 5.24. The smallest absolute Gasteiger partial charge is 0.252 e. The Bertz CT molecular complexity index is 1330. The van der Waals surface area contributed by atoms with E-state index >= 15 is 0 Å². The lowest BCUT2D eigenvalue weighted by atomic mass is 9.90. The van der Waals surface area contributed by atoms with Crippen molar-refractivity contribution in [2.45, 2.75) is 37.8 Å². The number of rotatable bonds is 5. The molecule has 1 fully saturated rings. The second-order valence-corrected chi connectivity index (χ2v) is 9.37. The third-order valence-electron chi connectivity index (χ3n) is 5.52. The van der Waals surface area contributed by atoms with Gasteiger partial charge in [-0.2, -0.15) is 5.10 Å². The molecule has 1 saturated carbocycles. The highest BCUT2D eigenvalue weighted by molar-refractivity contribution is 7.14. The van der Waals surface area contributed by atoms with E-state index in [1.807, 2.05) is 0 Å². The third-order valence-corrected chi connectivity index (χ3v) is 6.62. The largest absolute Gasteiger partial charge is 0.365 e. The van der Waals surface area contributed by atoms with Crippen molar-refractivity contribution in [3.05, 3.63) is 51.4 Å². The molecule has 170 valence electrons. The van der Waals surface area contributed by atoms with Crippen LogP contribution in [0, 0.1) is 11.6 Å². The molecule has 0 aromatic carbocycles. The first-order valence-electron chi connectivity index (χ1n) is 10.3. The molecule has 2 unspecified atom stereocenters. The van der Waals surface area contributed by atoms with Gasteiger partial charge < -0.3 is 10.6 Å². The molecule has 4 aromatic rings. The maximum absolute atomic E-state index is 14.5. The summed E-state index contributed by atoms with van der Waals surface area (Å²) in [4.78, 5) is 24.7. The van der Waals surface area contributed by atoms with Gasteiger partial charge in [0, 0.05) is 17.5 Å². The molecule has 4 aromatic heterocycles. The van der Waals surface area contributed by atoms with E-state index < -0.39 is 11.6 Å². The minimum Gasteiger partial charge on any atom is -0.365 e. The second kappa shape index (κ2) is 8.99. The summed E-state index contributed by atoms with van der Waals surface area (Å²) in [6.45, 7) is 0. The number of hydrogen-bond donors (Lipinski definition) is 3. The van der Waals surface area contributed by atoms with Crippen LogP contribution >= 0.6 is 22.9 Å². The number of thiophene rings is 1. The first-order valence-corrected chi connectivity index (χ1v) is 11.6. The van der Waals surface area contributed by atoms with Gasteiger partial charge in [-0.3, -0.25) is 9.89 Å². The van der Waals surface area contributed by atoms with E-state index in [1.165, 1.54) is 17.4 Å². The minimum absolute atomic E-state index is 0.0358. The summed E-state index contributed by atoms with van der Waals surface area (Å²) >= 11 is 7.22. The van der Waals surface area contributed by atoms with Crippen LogP contribution < -0.4 is 10.6 Å². The average Bonchev–Trinajstić information content (AvgIpc) is 3.42. The maximum Gasteiger partial charge on any atom is 0.252 e. The molecule has 1 amide bonds. The molecule has 4 heterocycles. The monoisotopic (exact) mass is 489 g/mol. The van der Waals surface area contributed by atoms with Crippen molar-refractivity contribution in [1.82, 2.24) is 30.5 Å². The molecule has 0 radical (unpaired) electrons. The van der Waals surface area contributed by atoms with E-state index in [-0.39, 0.29) is 29.6 Å². The van der Waals surface area contributed by atoms with E-state index in [9.17, 15) is 13.6 Å². The fraction of sp³-hybridized carbons (Fsp3) is 0.286. The molecular weight excluding hydrogens is 472 g/mol. The summed E-state index contributed by atoms with van der Waals surface area (Å²) in [5.74, 6) is -1.10. The SMILES string of the molecule is O=C(NC1CCCC(Nc2nc(-c3[nH]nc4ncc(F)cc34)ncc2F)C1)c1csc(Cl)c1. The number of amides is 1. The van der Waals surface area contributed by atoms with Gasteiger partial charge in [0.2, 0.25) is 0 Å². The normalized spacial score (nSPS) is 18.4. The highest BCUT2D eigenvalue weighted by Gasteiger charge is 2.25. The Morgan fingerprint density at radius 3 is 2.85 bits per heavy atom. The first-order chi connectivity index (χ1) is 16.0. The van der Waals surface area contributed by atoms with E-state index in [0.29, 0.717) is 33.0 Å². The van der Waals surface area contributed by atoms with Crippen molar-refractivity contribution in [2.24, 2.45) is 0 Å². The predicted octanol–water partition coefficient (Wildman–Crippen LogP) is 4.56. The Morgan fingerprint density at radius 1 is 1.18 bits per heavy atom. The van der Waals surface area contributed by atoms with Gasteiger partial charge in [0.1, 0.15) is 11.5 Å². The zero-order valence-corrected chi connectivity index (χ0v) is 18.7. The van der Waals surface area contributed by atoms with Gasteiger partial charge in [-0.15, -0.1) is 11.3 Å². The van der Waals surface area contributed by atoms with E-state index in [4.69, 9.17) is 11.6 Å². The summed E-state index contributed by atoms with van der Waals surface area (Å²) in [5, 5.41) is 15.0. The lowest BCUT2D eigenvalue weighted by Crippen LogP contribution is -2.41. The van der Waals surface area contributed by atoms with Gasteiger partial charge in [0.05, 0.1) is 27.7 Å². The Balaban J connectivity index is 1.31. The second-order valence-electron chi connectivity index (χ2n) is 7.83. The Kier molecular flexibility index (Phi) is 5.90. The Labute approximate surface area is 195 Å². The van der Waals surface area contributed by atoms with Crippen molar-refractivity contribution in [1.29, 1.82) is 0 Å². The number of carbonyl (C=O) groups excluding carboxylic acids is 1. The molecule has 0 spiro atoms. The van der Waals surface area contributed by atoms with Crippen LogP contribution in [0.25, 0.3) is 22.6 Å². The zero-order chi connectivity index (χ0) is 22.9. The van der Waals surface area contributed by atoms with Crippen LogP contribution in [0.1, 0.15) is 36.0 Å². The molecule has 0 bridgehead atoms. The van der Waals surface area contributed by atoms with Crippen molar-refractivity contribution < 1.29 is 13.6 Å². The number of hydrogen-bond acceptors (Lipinski definition) is 7. The van der Waals surface area contributed by atoms with Crippen LogP contribution in [0.3, 0.4) is 0 Å². The molecule has 0 aliphatic heterocycles. The molecule has 12 heteroatoms. The van der Waals surface area contributed by atoms with E-state index in [0.717, 1.165) is 31.7 Å². The first kappa shape index (κ1) is 21.7. The number of anilines is 1. The lowest BCUT2D eigenvalue weighted by molar-refractivity contribution is 0.0927. The third kappa shape index (κ3) is 4.64. The lowest BCUT2D eigenvalue weighted by Gasteiger charge is -2.30. The summed E-state index contributed by atoms with van der Waals surface area (Å²) < 4.78 is 28.7. The molecule has 1 aliphatic rings. The topological polar surface area (TPSA) is 108 Å². The number of H-pyrrole nitrogens is 1. The van der Waals surface area contributed by atoms with Crippen LogP contribution in [0.2, 0.25) is 4.34 Å². The fourth-order valence-electron chi connectivity index (χ4n) is 3.98. The molecule has 5 rings (SSSR count). The molecule has 0 saturated heterocycles. The highest BCUT2D eigenvalue weighted by atomic mass is 35.5. The number of nitrogens with zero attached hydrogens (tertiary/aromatic N) is 4. The molecule has 8 nitrogen and oxygen atoms in total. The van der Waals surface area contributed by atoms with Crippen molar-refractivity contribution in [3.8, 4) is 11.5 Å². The quantitative estimate of drug-likeness (QED) is 0.379. The van der Waals surface area contributed by atoms with Gasteiger partial charge in [0.25, 0.3) is 5.91 Å². The number of aromatic nitrogens is 5. The predicted molar refractivity (Wildman–Crippen MR) is 121 cm³/mol. The van der Waals surface area contributed by atoms with Gasteiger partial charge in [-0.1, -0.05) is 11.6 Å². The highest BCUT2D eigenvalue weighted by Crippen LogP contribution is 2.27. The van der Waals surface area contributed by atoms with Gasteiger partial charge in [-0.05, 0) is 37.8 Å². The van der Waals surface area contributed by atoms with Gasteiger partial charge in [-0.25, -0.2) is 23.7 Å². The zero-order valence-electron chi connectivity index (χ0n) is 17.1. The van der Waals surface area contributed by atoms with Crippen molar-refractivity contribution >= 4 is 45.7 Å². The number of pyridine rings is 1. The molecule has 2 atom stereocenters. The minimum atomic E-state index is -0.606. The van der Waals surface area contributed by atoms with Crippen molar-refractivity contribution in [2.75, 3.05) is 5.32 Å². The number of carbonyl (C=O) groups is 1. The summed E-state index contributed by atoms with van der Waals surface area (Å²) in [5.41, 5.74) is 1.19.